The number of carbonyl (C=O) groups is 1. The molecule has 1 saturated heterocycles. The number of rotatable bonds is 4. The van der Waals surface area contributed by atoms with Gasteiger partial charge in [-0.2, -0.15) is 0 Å². The summed E-state index contributed by atoms with van der Waals surface area (Å²) in [6.45, 7) is 3.74. The summed E-state index contributed by atoms with van der Waals surface area (Å²) in [5.74, 6) is 1.32. The summed E-state index contributed by atoms with van der Waals surface area (Å²) in [4.78, 5) is 20.0. The van der Waals surface area contributed by atoms with E-state index in [1.54, 1.807) is 11.3 Å². The van der Waals surface area contributed by atoms with Crippen LogP contribution >= 0.6 is 11.3 Å². The van der Waals surface area contributed by atoms with Gasteiger partial charge in [-0.25, -0.2) is 4.98 Å². The minimum absolute atomic E-state index is 0.283. The van der Waals surface area contributed by atoms with Gasteiger partial charge < -0.3 is 9.47 Å². The highest BCUT2D eigenvalue weighted by Gasteiger charge is 2.25. The molecule has 0 unspecified atom stereocenters. The highest BCUT2D eigenvalue weighted by atomic mass is 32.1. The lowest BCUT2D eigenvalue weighted by molar-refractivity contribution is -0.132. The summed E-state index contributed by atoms with van der Waals surface area (Å²) in [5, 5.41) is 2.07. The number of amides is 1. The Morgan fingerprint density at radius 3 is 3.14 bits per heavy atom. The zero-order valence-corrected chi connectivity index (χ0v) is 13.2. The third-order valence-electron chi connectivity index (χ3n) is 4.17. The van der Waals surface area contributed by atoms with E-state index in [9.17, 15) is 4.79 Å². The van der Waals surface area contributed by atoms with E-state index in [1.165, 1.54) is 4.88 Å². The molecular weight excluding hydrogens is 282 g/mol. The van der Waals surface area contributed by atoms with Crippen molar-refractivity contribution in [1.82, 2.24) is 14.5 Å². The molecule has 0 saturated carbocycles. The van der Waals surface area contributed by atoms with Crippen molar-refractivity contribution in [2.45, 2.75) is 38.6 Å². The molecule has 0 bridgehead atoms. The molecule has 21 heavy (non-hydrogen) atoms. The van der Waals surface area contributed by atoms with Crippen LogP contribution in [-0.2, 0) is 11.2 Å². The summed E-state index contributed by atoms with van der Waals surface area (Å²) >= 11 is 1.73. The molecule has 0 N–H and O–H groups in total. The van der Waals surface area contributed by atoms with Gasteiger partial charge in [0.2, 0.25) is 5.91 Å². The second-order valence-electron chi connectivity index (χ2n) is 5.60. The molecule has 4 nitrogen and oxygen atoms in total. The van der Waals surface area contributed by atoms with Gasteiger partial charge in [-0.05, 0) is 37.6 Å². The fraction of sp³-hybridized carbons (Fsp3) is 0.500. The molecule has 3 rings (SSSR count). The SMILES string of the molecule is Cc1nccn1[C@H]1CCCN(C(=O)CCc2cccs2)C1. The predicted molar refractivity (Wildman–Crippen MR) is 84.5 cm³/mol. The summed E-state index contributed by atoms with van der Waals surface area (Å²) in [5.41, 5.74) is 0. The Morgan fingerprint density at radius 1 is 1.52 bits per heavy atom. The molecule has 2 aromatic heterocycles. The number of thiophene rings is 1. The van der Waals surface area contributed by atoms with Gasteiger partial charge in [-0.1, -0.05) is 6.07 Å². The Balaban J connectivity index is 1.58. The standard InChI is InChI=1S/C16H21N3OS/c1-13-17-8-10-19(13)14-4-2-9-18(12-14)16(20)7-6-15-5-3-11-21-15/h3,5,8,10-11,14H,2,4,6-7,9,12H2,1H3/t14-/m0/s1. The molecule has 2 aromatic rings. The molecular formula is C16H21N3OS. The number of likely N-dealkylation sites (tertiary alicyclic amines) is 1. The Labute approximate surface area is 129 Å². The molecule has 1 aliphatic heterocycles. The van der Waals surface area contributed by atoms with Crippen molar-refractivity contribution in [3.63, 3.8) is 0 Å². The highest BCUT2D eigenvalue weighted by molar-refractivity contribution is 7.09. The van der Waals surface area contributed by atoms with Gasteiger partial charge in [0.05, 0.1) is 6.04 Å². The maximum Gasteiger partial charge on any atom is 0.223 e. The fourth-order valence-electron chi connectivity index (χ4n) is 3.02. The topological polar surface area (TPSA) is 38.1 Å². The van der Waals surface area contributed by atoms with Crippen LogP contribution in [0.1, 0.15) is 36.0 Å². The van der Waals surface area contributed by atoms with E-state index in [0.29, 0.717) is 12.5 Å². The molecule has 1 aliphatic rings. The predicted octanol–water partition coefficient (Wildman–Crippen LogP) is 3.05. The largest absolute Gasteiger partial charge is 0.341 e. The first-order valence-electron chi connectivity index (χ1n) is 7.53. The van der Waals surface area contributed by atoms with Crippen LogP contribution in [0.5, 0.6) is 0 Å². The van der Waals surface area contributed by atoms with Crippen LogP contribution in [0.15, 0.2) is 29.9 Å². The van der Waals surface area contributed by atoms with Crippen LogP contribution in [-0.4, -0.2) is 33.4 Å². The zero-order chi connectivity index (χ0) is 14.7. The molecule has 0 radical (unpaired) electrons. The quantitative estimate of drug-likeness (QED) is 0.870. The lowest BCUT2D eigenvalue weighted by Crippen LogP contribution is -2.40. The van der Waals surface area contributed by atoms with Crippen molar-refractivity contribution < 1.29 is 4.79 Å². The maximum absolute atomic E-state index is 12.4. The molecule has 0 aliphatic carbocycles. The van der Waals surface area contributed by atoms with Gasteiger partial charge in [0, 0.05) is 36.8 Å². The minimum atomic E-state index is 0.283. The Kier molecular flexibility index (Phi) is 4.39. The summed E-state index contributed by atoms with van der Waals surface area (Å²) in [6.07, 6.45) is 7.56. The molecule has 5 heteroatoms. The van der Waals surface area contributed by atoms with Crippen LogP contribution in [0.4, 0.5) is 0 Å². The number of aromatic nitrogens is 2. The van der Waals surface area contributed by atoms with E-state index in [-0.39, 0.29) is 5.91 Å². The van der Waals surface area contributed by atoms with Crippen molar-refractivity contribution in [3.05, 3.63) is 40.6 Å². The molecule has 1 amide bonds. The van der Waals surface area contributed by atoms with Crippen molar-refractivity contribution in [1.29, 1.82) is 0 Å². The number of piperidine rings is 1. The zero-order valence-electron chi connectivity index (χ0n) is 12.4. The smallest absolute Gasteiger partial charge is 0.223 e. The third-order valence-corrected chi connectivity index (χ3v) is 5.11. The minimum Gasteiger partial charge on any atom is -0.341 e. The van der Waals surface area contributed by atoms with Crippen LogP contribution in [0.2, 0.25) is 0 Å². The van der Waals surface area contributed by atoms with E-state index < -0.39 is 0 Å². The first kappa shape index (κ1) is 14.3. The van der Waals surface area contributed by atoms with Crippen molar-refractivity contribution in [2.24, 2.45) is 0 Å². The molecule has 1 atom stereocenters. The summed E-state index contributed by atoms with van der Waals surface area (Å²) < 4.78 is 2.21. The molecule has 0 spiro atoms. The lowest BCUT2D eigenvalue weighted by Gasteiger charge is -2.34. The van der Waals surface area contributed by atoms with E-state index in [0.717, 1.165) is 38.2 Å². The molecule has 1 fully saturated rings. The van der Waals surface area contributed by atoms with E-state index in [2.05, 4.69) is 21.0 Å². The fourth-order valence-corrected chi connectivity index (χ4v) is 3.73. The first-order chi connectivity index (χ1) is 10.2. The Morgan fingerprint density at radius 2 is 2.43 bits per heavy atom. The van der Waals surface area contributed by atoms with Crippen molar-refractivity contribution >= 4 is 17.2 Å². The molecule has 112 valence electrons. The number of hydrogen-bond acceptors (Lipinski definition) is 3. The summed E-state index contributed by atoms with van der Waals surface area (Å²) in [6, 6.07) is 4.53. The highest BCUT2D eigenvalue weighted by Crippen LogP contribution is 2.23. The van der Waals surface area contributed by atoms with Gasteiger partial charge in [-0.3, -0.25) is 4.79 Å². The van der Waals surface area contributed by atoms with Crippen molar-refractivity contribution in [3.8, 4) is 0 Å². The van der Waals surface area contributed by atoms with Gasteiger partial charge >= 0.3 is 0 Å². The Hall–Kier alpha value is -1.62. The van der Waals surface area contributed by atoms with Crippen molar-refractivity contribution in [2.75, 3.05) is 13.1 Å². The van der Waals surface area contributed by atoms with Crippen LogP contribution in [0.3, 0.4) is 0 Å². The number of carbonyl (C=O) groups excluding carboxylic acids is 1. The second-order valence-corrected chi connectivity index (χ2v) is 6.63. The van der Waals surface area contributed by atoms with E-state index in [4.69, 9.17) is 0 Å². The third kappa shape index (κ3) is 3.35. The number of nitrogens with zero attached hydrogens (tertiary/aromatic N) is 3. The Bertz CT molecular complexity index is 590. The van der Waals surface area contributed by atoms with Crippen LogP contribution in [0, 0.1) is 6.92 Å². The van der Waals surface area contributed by atoms with Gasteiger partial charge in [0.1, 0.15) is 5.82 Å². The van der Waals surface area contributed by atoms with Gasteiger partial charge in [0.15, 0.2) is 0 Å². The monoisotopic (exact) mass is 303 g/mol. The van der Waals surface area contributed by atoms with E-state index in [1.807, 2.05) is 30.3 Å². The van der Waals surface area contributed by atoms with E-state index >= 15 is 0 Å². The second kappa shape index (κ2) is 6.43. The summed E-state index contributed by atoms with van der Waals surface area (Å²) in [7, 11) is 0. The average molecular weight is 303 g/mol. The maximum atomic E-state index is 12.4. The van der Waals surface area contributed by atoms with Crippen LogP contribution < -0.4 is 0 Å². The number of imidazole rings is 1. The number of hydrogen-bond donors (Lipinski definition) is 0. The van der Waals surface area contributed by atoms with Gasteiger partial charge in [-0.15, -0.1) is 11.3 Å². The number of aryl methyl sites for hydroxylation is 2. The lowest BCUT2D eigenvalue weighted by atomic mass is 10.0. The normalized spacial score (nSPS) is 18.9. The average Bonchev–Trinajstić information content (AvgIpc) is 3.16. The first-order valence-corrected chi connectivity index (χ1v) is 8.41. The molecule has 3 heterocycles. The molecule has 0 aromatic carbocycles. The van der Waals surface area contributed by atoms with Crippen LogP contribution in [0.25, 0.3) is 0 Å². The van der Waals surface area contributed by atoms with Gasteiger partial charge in [0.25, 0.3) is 0 Å².